The van der Waals surface area contributed by atoms with Crippen LogP contribution in [0.5, 0.6) is 0 Å². The van der Waals surface area contributed by atoms with Gasteiger partial charge >= 0.3 is 0 Å². The summed E-state index contributed by atoms with van der Waals surface area (Å²) in [7, 11) is 0. The molecule has 5 N–H and O–H groups in total. The predicted molar refractivity (Wildman–Crippen MR) is 111 cm³/mol. The van der Waals surface area contributed by atoms with E-state index in [2.05, 4.69) is 5.32 Å². The number of nitrogens with two attached hydrogens (primary N) is 2. The van der Waals surface area contributed by atoms with E-state index < -0.39 is 0 Å². The van der Waals surface area contributed by atoms with Crippen LogP contribution in [0.2, 0.25) is 0 Å². The van der Waals surface area contributed by atoms with Gasteiger partial charge in [-0.3, -0.25) is 0 Å². The largest absolute Gasteiger partial charge is 0.402 e. The summed E-state index contributed by atoms with van der Waals surface area (Å²) in [5.41, 5.74) is 15.7. The van der Waals surface area contributed by atoms with Crippen LogP contribution in [-0.4, -0.2) is 0 Å². The maximum atomic E-state index is 12.8. The minimum absolute atomic E-state index is 0.238. The molecule has 0 aromatic heterocycles. The third-order valence-corrected chi connectivity index (χ3v) is 3.23. The van der Waals surface area contributed by atoms with Gasteiger partial charge in [0.05, 0.1) is 5.82 Å². The van der Waals surface area contributed by atoms with Crippen molar-refractivity contribution < 1.29 is 4.39 Å². The Morgan fingerprint density at radius 3 is 1.72 bits per heavy atom. The van der Waals surface area contributed by atoms with Crippen LogP contribution in [0.3, 0.4) is 0 Å². The lowest BCUT2D eigenvalue weighted by Crippen LogP contribution is -2.22. The number of allylic oxidation sites excluding steroid dienone is 3. The Hall–Kier alpha value is -1.97. The molecule has 0 fully saturated rings. The summed E-state index contributed by atoms with van der Waals surface area (Å²) in [6.07, 6.45) is 0.800. The Bertz CT molecular complexity index is 488. The first-order valence-corrected chi connectivity index (χ1v) is 9.36. The fourth-order valence-electron chi connectivity index (χ4n) is 1.64. The first-order chi connectivity index (χ1) is 12.0. The Morgan fingerprint density at radius 1 is 0.880 bits per heavy atom. The SMILES string of the molecule is CC.CC.CC.CC/C(N)=C(C)/C(C)=C(\N)NCc1ccc(F)cc1. The highest BCUT2D eigenvalue weighted by Crippen LogP contribution is 2.14. The number of halogens is 1. The summed E-state index contributed by atoms with van der Waals surface area (Å²) < 4.78 is 12.8. The fourth-order valence-corrected chi connectivity index (χ4v) is 1.64. The summed E-state index contributed by atoms with van der Waals surface area (Å²) in [4.78, 5) is 0. The van der Waals surface area contributed by atoms with Crippen LogP contribution in [0.1, 0.15) is 74.3 Å². The lowest BCUT2D eigenvalue weighted by molar-refractivity contribution is 0.626. The van der Waals surface area contributed by atoms with E-state index >= 15 is 0 Å². The molecule has 0 saturated carbocycles. The van der Waals surface area contributed by atoms with Crippen LogP contribution in [-0.2, 0) is 6.54 Å². The minimum Gasteiger partial charge on any atom is -0.402 e. The van der Waals surface area contributed by atoms with Gasteiger partial charge in [-0.15, -0.1) is 0 Å². The first-order valence-electron chi connectivity index (χ1n) is 9.36. The van der Waals surface area contributed by atoms with Crippen molar-refractivity contribution in [1.82, 2.24) is 5.32 Å². The normalized spacial score (nSPS) is 11.1. The second-order valence-corrected chi connectivity index (χ2v) is 4.52. The first kappa shape index (κ1) is 27.9. The van der Waals surface area contributed by atoms with Crippen molar-refractivity contribution in [2.75, 3.05) is 0 Å². The van der Waals surface area contributed by atoms with Crippen molar-refractivity contribution in [3.63, 3.8) is 0 Å². The molecule has 0 radical (unpaired) electrons. The van der Waals surface area contributed by atoms with Crippen LogP contribution in [0.25, 0.3) is 0 Å². The lowest BCUT2D eigenvalue weighted by Gasteiger charge is -2.13. The van der Waals surface area contributed by atoms with Gasteiger partial charge in [-0.1, -0.05) is 60.6 Å². The number of hydrogen-bond donors (Lipinski definition) is 3. The van der Waals surface area contributed by atoms with Crippen molar-refractivity contribution in [2.45, 2.75) is 75.3 Å². The molecule has 0 heterocycles. The fraction of sp³-hybridized carbons (Fsp3) is 0.524. The van der Waals surface area contributed by atoms with Crippen molar-refractivity contribution >= 4 is 0 Å². The zero-order valence-corrected chi connectivity index (χ0v) is 17.8. The summed E-state index contributed by atoms with van der Waals surface area (Å²) in [6, 6.07) is 6.33. The molecule has 0 bridgehead atoms. The molecule has 0 spiro atoms. The number of rotatable bonds is 5. The third kappa shape index (κ3) is 12.1. The number of hydrogen-bond acceptors (Lipinski definition) is 3. The molecule has 0 saturated heterocycles. The van der Waals surface area contributed by atoms with Crippen molar-refractivity contribution in [1.29, 1.82) is 0 Å². The van der Waals surface area contributed by atoms with E-state index in [4.69, 9.17) is 11.5 Å². The Morgan fingerprint density at radius 2 is 1.32 bits per heavy atom. The average molecular weight is 354 g/mol. The quantitative estimate of drug-likeness (QED) is 0.584. The highest BCUT2D eigenvalue weighted by molar-refractivity contribution is 5.33. The van der Waals surface area contributed by atoms with Gasteiger partial charge in [0.25, 0.3) is 0 Å². The molecule has 3 nitrogen and oxygen atoms in total. The van der Waals surface area contributed by atoms with E-state index in [-0.39, 0.29) is 5.82 Å². The van der Waals surface area contributed by atoms with E-state index in [1.807, 2.05) is 62.3 Å². The molecule has 0 unspecified atom stereocenters. The monoisotopic (exact) mass is 353 g/mol. The Kier molecular flexibility index (Phi) is 20.5. The summed E-state index contributed by atoms with van der Waals surface area (Å²) >= 11 is 0. The van der Waals surface area contributed by atoms with E-state index in [0.29, 0.717) is 12.4 Å². The van der Waals surface area contributed by atoms with Gasteiger partial charge in [-0.25, -0.2) is 4.39 Å². The molecule has 4 heteroatoms. The second kappa shape index (κ2) is 18.4. The standard InChI is InChI=1S/C15H22FN3.3C2H6/c1-4-14(17)10(2)11(3)15(18)19-9-12-5-7-13(16)8-6-12;3*1-2/h5-8,19H,4,9,17-18H2,1-3H3;3*1-2H3/b14-10-,15-11+;;;. The van der Waals surface area contributed by atoms with E-state index in [9.17, 15) is 4.39 Å². The smallest absolute Gasteiger partial charge is 0.123 e. The number of benzene rings is 1. The zero-order chi connectivity index (χ0) is 20.4. The highest BCUT2D eigenvalue weighted by Gasteiger charge is 2.04. The third-order valence-electron chi connectivity index (χ3n) is 3.23. The molecule has 146 valence electrons. The molecule has 0 aliphatic carbocycles. The van der Waals surface area contributed by atoms with Gasteiger partial charge in [0.1, 0.15) is 5.82 Å². The molecule has 25 heavy (non-hydrogen) atoms. The molecule has 0 aliphatic heterocycles. The molecular weight excluding hydrogens is 313 g/mol. The van der Waals surface area contributed by atoms with Gasteiger partial charge in [0, 0.05) is 12.2 Å². The van der Waals surface area contributed by atoms with Crippen LogP contribution in [0, 0.1) is 5.82 Å². The van der Waals surface area contributed by atoms with E-state index in [0.717, 1.165) is 28.8 Å². The molecular formula is C21H40FN3. The van der Waals surface area contributed by atoms with Crippen molar-refractivity contribution in [2.24, 2.45) is 11.5 Å². The molecule has 0 amide bonds. The molecule has 1 aromatic carbocycles. The van der Waals surface area contributed by atoms with Gasteiger partial charge in [-0.2, -0.15) is 0 Å². The predicted octanol–water partition coefficient (Wildman–Crippen LogP) is 5.83. The van der Waals surface area contributed by atoms with Crippen LogP contribution < -0.4 is 16.8 Å². The van der Waals surface area contributed by atoms with Crippen LogP contribution in [0.4, 0.5) is 4.39 Å². The van der Waals surface area contributed by atoms with Gasteiger partial charge in [0.2, 0.25) is 0 Å². The Labute approximate surface area is 155 Å². The van der Waals surface area contributed by atoms with Crippen molar-refractivity contribution in [3.05, 3.63) is 58.3 Å². The van der Waals surface area contributed by atoms with Gasteiger partial charge < -0.3 is 16.8 Å². The Balaban J connectivity index is -0.000000725. The summed E-state index contributed by atoms with van der Waals surface area (Å²) in [5, 5.41) is 3.12. The van der Waals surface area contributed by atoms with Gasteiger partial charge in [-0.05, 0) is 49.1 Å². The minimum atomic E-state index is -0.238. The maximum Gasteiger partial charge on any atom is 0.123 e. The van der Waals surface area contributed by atoms with E-state index in [1.54, 1.807) is 12.1 Å². The topological polar surface area (TPSA) is 64.1 Å². The molecule has 0 aliphatic rings. The van der Waals surface area contributed by atoms with Gasteiger partial charge in [0.15, 0.2) is 0 Å². The van der Waals surface area contributed by atoms with Crippen molar-refractivity contribution in [3.8, 4) is 0 Å². The number of nitrogens with one attached hydrogen (secondary N) is 1. The maximum absolute atomic E-state index is 12.8. The van der Waals surface area contributed by atoms with E-state index in [1.165, 1.54) is 12.1 Å². The highest BCUT2D eigenvalue weighted by atomic mass is 19.1. The van der Waals surface area contributed by atoms with Crippen LogP contribution in [0.15, 0.2) is 46.9 Å². The zero-order valence-electron chi connectivity index (χ0n) is 17.8. The molecule has 1 aromatic rings. The average Bonchev–Trinajstić information content (AvgIpc) is 2.70. The molecule has 1 rings (SSSR count). The summed E-state index contributed by atoms with van der Waals surface area (Å²) in [5.74, 6) is 0.358. The summed E-state index contributed by atoms with van der Waals surface area (Å²) in [6.45, 7) is 18.5. The van der Waals surface area contributed by atoms with Crippen LogP contribution >= 0.6 is 0 Å². The lowest BCUT2D eigenvalue weighted by atomic mass is 10.1. The second-order valence-electron chi connectivity index (χ2n) is 4.52. The molecule has 0 atom stereocenters.